The lowest BCUT2D eigenvalue weighted by atomic mass is 10.0. The molecule has 0 heterocycles. The minimum absolute atomic E-state index is 0.205. The Morgan fingerprint density at radius 3 is 2.67 bits per heavy atom. The molecular weight excluding hydrogens is 264 g/mol. The van der Waals surface area contributed by atoms with Gasteiger partial charge in [0.1, 0.15) is 17.9 Å². The van der Waals surface area contributed by atoms with E-state index in [9.17, 15) is 4.79 Å². The van der Waals surface area contributed by atoms with Gasteiger partial charge in [0, 0.05) is 5.39 Å². The van der Waals surface area contributed by atoms with Gasteiger partial charge in [0.05, 0.1) is 0 Å². The lowest BCUT2D eigenvalue weighted by Gasteiger charge is -2.27. The lowest BCUT2D eigenvalue weighted by Crippen LogP contribution is -2.57. The van der Waals surface area contributed by atoms with Crippen LogP contribution in [0.3, 0.4) is 0 Å². The molecule has 2 aromatic carbocycles. The number of carbonyl (C=O) groups is 1. The van der Waals surface area contributed by atoms with E-state index in [1.807, 2.05) is 49.4 Å². The Labute approximate surface area is 125 Å². The lowest BCUT2D eigenvalue weighted by molar-refractivity contribution is -0.124. The molecule has 1 unspecified atom stereocenters. The number of rotatable bonds is 7. The smallest absolute Gasteiger partial charge is 0.240 e. The number of amides is 1. The molecule has 0 bridgehead atoms. The Morgan fingerprint density at radius 2 is 1.95 bits per heavy atom. The number of benzene rings is 2. The highest BCUT2D eigenvalue weighted by Gasteiger charge is 2.31. The predicted octanol–water partition coefficient (Wildman–Crippen LogP) is 2.46. The van der Waals surface area contributed by atoms with Gasteiger partial charge in [-0.15, -0.1) is 0 Å². The molecule has 0 spiro atoms. The zero-order valence-corrected chi connectivity index (χ0v) is 12.6. The Bertz CT molecular complexity index is 622. The summed E-state index contributed by atoms with van der Waals surface area (Å²) in [5.74, 6) is 0.357. The zero-order chi connectivity index (χ0) is 15.3. The molecule has 1 amide bonds. The van der Waals surface area contributed by atoms with Crippen LogP contribution in [0.15, 0.2) is 42.5 Å². The minimum atomic E-state index is -0.868. The van der Waals surface area contributed by atoms with Crippen molar-refractivity contribution >= 4 is 16.7 Å². The van der Waals surface area contributed by atoms with Crippen molar-refractivity contribution in [3.63, 3.8) is 0 Å². The number of ether oxygens (including phenoxy) is 1. The van der Waals surface area contributed by atoms with Crippen LogP contribution in [-0.4, -0.2) is 24.6 Å². The molecule has 2 aromatic rings. The van der Waals surface area contributed by atoms with Crippen molar-refractivity contribution < 1.29 is 9.53 Å². The fourth-order valence-electron chi connectivity index (χ4n) is 2.15. The molecule has 112 valence electrons. The number of hydrogen-bond donors (Lipinski definition) is 2. The van der Waals surface area contributed by atoms with Gasteiger partial charge >= 0.3 is 0 Å². The molecule has 0 aliphatic heterocycles. The first-order chi connectivity index (χ1) is 10.1. The molecule has 21 heavy (non-hydrogen) atoms. The van der Waals surface area contributed by atoms with Crippen LogP contribution in [0.1, 0.15) is 20.3 Å². The van der Waals surface area contributed by atoms with E-state index in [0.29, 0.717) is 0 Å². The van der Waals surface area contributed by atoms with Crippen molar-refractivity contribution in [2.45, 2.75) is 25.8 Å². The van der Waals surface area contributed by atoms with Crippen LogP contribution in [0.4, 0.5) is 0 Å². The summed E-state index contributed by atoms with van der Waals surface area (Å²) in [5.41, 5.74) is 4.64. The molecule has 1 atom stereocenters. The monoisotopic (exact) mass is 286 g/mol. The topological polar surface area (TPSA) is 64.3 Å². The molecule has 0 aliphatic carbocycles. The van der Waals surface area contributed by atoms with Crippen molar-refractivity contribution in [2.75, 3.05) is 13.2 Å². The third-order valence-electron chi connectivity index (χ3n) is 3.57. The maximum Gasteiger partial charge on any atom is 0.240 e. The van der Waals surface area contributed by atoms with Crippen molar-refractivity contribution in [3.05, 3.63) is 42.5 Å². The molecule has 0 saturated heterocycles. The largest absolute Gasteiger partial charge is 0.490 e. The number of nitrogens with one attached hydrogen (secondary N) is 1. The fraction of sp³-hybridized carbons (Fsp3) is 0.353. The van der Waals surface area contributed by atoms with E-state index in [0.717, 1.165) is 29.5 Å². The molecule has 2 rings (SSSR count). The Morgan fingerprint density at radius 1 is 1.24 bits per heavy atom. The maximum atomic E-state index is 11.7. The average molecular weight is 286 g/mol. The number of hydrogen-bond acceptors (Lipinski definition) is 3. The van der Waals surface area contributed by atoms with Crippen molar-refractivity contribution in [1.29, 1.82) is 0 Å². The van der Waals surface area contributed by atoms with Crippen LogP contribution in [0, 0.1) is 0 Å². The van der Waals surface area contributed by atoms with Gasteiger partial charge in [0.25, 0.3) is 0 Å². The van der Waals surface area contributed by atoms with Crippen LogP contribution >= 0.6 is 0 Å². The van der Waals surface area contributed by atoms with Gasteiger partial charge in [-0.2, -0.15) is 0 Å². The molecule has 0 radical (unpaired) electrons. The number of primary amides is 1. The Kier molecular flexibility index (Phi) is 4.81. The van der Waals surface area contributed by atoms with Crippen molar-refractivity contribution in [2.24, 2.45) is 5.73 Å². The summed E-state index contributed by atoms with van der Waals surface area (Å²) < 4.78 is 5.88. The van der Waals surface area contributed by atoms with Crippen LogP contribution in [-0.2, 0) is 4.79 Å². The van der Waals surface area contributed by atoms with Gasteiger partial charge in [-0.05, 0) is 31.3 Å². The van der Waals surface area contributed by atoms with Crippen LogP contribution < -0.4 is 15.8 Å². The summed E-state index contributed by atoms with van der Waals surface area (Å²) in [6, 6.07) is 13.9. The van der Waals surface area contributed by atoms with E-state index in [1.54, 1.807) is 6.92 Å². The Hall–Kier alpha value is -2.07. The second-order valence-corrected chi connectivity index (χ2v) is 5.39. The molecular formula is C17H22N2O2. The van der Waals surface area contributed by atoms with Crippen molar-refractivity contribution in [3.8, 4) is 5.75 Å². The van der Waals surface area contributed by atoms with E-state index >= 15 is 0 Å². The van der Waals surface area contributed by atoms with Gasteiger partial charge in [0.2, 0.25) is 5.91 Å². The standard InChI is InChI=1S/C17H22N2O2/c1-3-11-19-17(2,16(18)20)12-21-15-10-6-8-13-7-4-5-9-14(13)15/h4-10,19H,3,11-12H2,1-2H3,(H2,18,20). The van der Waals surface area contributed by atoms with E-state index < -0.39 is 11.4 Å². The number of carbonyl (C=O) groups excluding carboxylic acids is 1. The molecule has 4 heteroatoms. The normalized spacial score (nSPS) is 13.8. The molecule has 0 aromatic heterocycles. The van der Waals surface area contributed by atoms with Gasteiger partial charge < -0.3 is 15.8 Å². The second kappa shape index (κ2) is 6.59. The van der Waals surface area contributed by atoms with E-state index in [4.69, 9.17) is 10.5 Å². The first-order valence-corrected chi connectivity index (χ1v) is 7.22. The fourth-order valence-corrected chi connectivity index (χ4v) is 2.15. The van der Waals surface area contributed by atoms with Crippen molar-refractivity contribution in [1.82, 2.24) is 5.32 Å². The summed E-state index contributed by atoms with van der Waals surface area (Å²) in [5, 5.41) is 5.30. The summed E-state index contributed by atoms with van der Waals surface area (Å²) in [6.45, 7) is 4.74. The van der Waals surface area contributed by atoms with Crippen LogP contribution in [0.2, 0.25) is 0 Å². The van der Waals surface area contributed by atoms with E-state index in [-0.39, 0.29) is 6.61 Å². The minimum Gasteiger partial charge on any atom is -0.490 e. The SMILES string of the molecule is CCCNC(C)(COc1cccc2ccccc12)C(N)=O. The summed E-state index contributed by atoms with van der Waals surface area (Å²) >= 11 is 0. The highest BCUT2D eigenvalue weighted by atomic mass is 16.5. The first kappa shape index (κ1) is 15.3. The molecule has 4 nitrogen and oxygen atoms in total. The quantitative estimate of drug-likeness (QED) is 0.822. The summed E-state index contributed by atoms with van der Waals surface area (Å²) in [4.78, 5) is 11.7. The predicted molar refractivity (Wildman–Crippen MR) is 85.3 cm³/mol. The third-order valence-corrected chi connectivity index (χ3v) is 3.57. The summed E-state index contributed by atoms with van der Waals surface area (Å²) in [7, 11) is 0. The average Bonchev–Trinajstić information content (AvgIpc) is 2.50. The van der Waals surface area contributed by atoms with Gasteiger partial charge in [-0.3, -0.25) is 4.79 Å². The molecule has 3 N–H and O–H groups in total. The summed E-state index contributed by atoms with van der Waals surface area (Å²) in [6.07, 6.45) is 0.928. The van der Waals surface area contributed by atoms with Gasteiger partial charge in [-0.25, -0.2) is 0 Å². The zero-order valence-electron chi connectivity index (χ0n) is 12.6. The first-order valence-electron chi connectivity index (χ1n) is 7.22. The molecule has 0 aliphatic rings. The number of nitrogens with two attached hydrogens (primary N) is 1. The molecule has 0 fully saturated rings. The highest BCUT2D eigenvalue weighted by Crippen LogP contribution is 2.25. The Balaban J connectivity index is 2.18. The van der Waals surface area contributed by atoms with Crippen LogP contribution in [0.25, 0.3) is 10.8 Å². The second-order valence-electron chi connectivity index (χ2n) is 5.39. The van der Waals surface area contributed by atoms with Gasteiger partial charge in [-0.1, -0.05) is 43.3 Å². The van der Waals surface area contributed by atoms with Crippen LogP contribution in [0.5, 0.6) is 5.75 Å². The maximum absolute atomic E-state index is 11.7. The van der Waals surface area contributed by atoms with E-state index in [2.05, 4.69) is 5.32 Å². The highest BCUT2D eigenvalue weighted by molar-refractivity contribution is 5.88. The van der Waals surface area contributed by atoms with E-state index in [1.165, 1.54) is 0 Å². The van der Waals surface area contributed by atoms with Gasteiger partial charge in [0.15, 0.2) is 0 Å². The number of fused-ring (bicyclic) bond motifs is 1. The molecule has 0 saturated carbocycles. The third kappa shape index (κ3) is 3.52.